The van der Waals surface area contributed by atoms with Crippen LogP contribution in [0.25, 0.3) is 0 Å². The molecule has 0 unspecified atom stereocenters. The zero-order valence-corrected chi connectivity index (χ0v) is 12.7. The van der Waals surface area contributed by atoms with Crippen molar-refractivity contribution in [1.29, 1.82) is 0 Å². The molecule has 0 aromatic heterocycles. The number of benzene rings is 1. The molecule has 0 saturated carbocycles. The van der Waals surface area contributed by atoms with Gasteiger partial charge in [-0.15, -0.1) is 0 Å². The first-order valence-electron chi connectivity index (χ1n) is 6.52. The van der Waals surface area contributed by atoms with E-state index in [1.165, 1.54) is 11.2 Å². The first-order valence-corrected chi connectivity index (χ1v) is 7.96. The van der Waals surface area contributed by atoms with Gasteiger partial charge in [-0.1, -0.05) is 0 Å². The van der Waals surface area contributed by atoms with E-state index in [1.807, 2.05) is 0 Å². The fourth-order valence-corrected chi connectivity index (χ4v) is 4.84. The Labute approximate surface area is 118 Å². The van der Waals surface area contributed by atoms with Crippen molar-refractivity contribution >= 4 is 15.7 Å². The number of nitro benzene ring substituents is 1. The Morgan fingerprint density at radius 2 is 1.70 bits per heavy atom. The van der Waals surface area contributed by atoms with E-state index in [1.54, 1.807) is 19.9 Å². The van der Waals surface area contributed by atoms with Crippen molar-refractivity contribution in [3.63, 3.8) is 0 Å². The molecule has 0 N–H and O–H groups in total. The molecule has 0 radical (unpaired) electrons. The second-order valence-electron chi connectivity index (χ2n) is 5.18. The standard InChI is InChI=1S/C13H18N2O4S/c1-9-8-10(2)13(11(3)12(9)15(16)17)20(18,19)14-6-4-5-7-14/h8H,4-7H2,1-3H3. The maximum absolute atomic E-state index is 12.7. The Kier molecular flexibility index (Phi) is 3.84. The lowest BCUT2D eigenvalue weighted by atomic mass is 10.1. The first-order chi connectivity index (χ1) is 9.26. The maximum atomic E-state index is 12.7. The molecular formula is C13H18N2O4S. The molecule has 0 spiro atoms. The van der Waals surface area contributed by atoms with Crippen LogP contribution in [-0.4, -0.2) is 30.7 Å². The summed E-state index contributed by atoms with van der Waals surface area (Å²) in [4.78, 5) is 10.7. The van der Waals surface area contributed by atoms with Gasteiger partial charge in [0.1, 0.15) is 0 Å². The molecular weight excluding hydrogens is 280 g/mol. The summed E-state index contributed by atoms with van der Waals surface area (Å²) in [6, 6.07) is 1.58. The fraction of sp³-hybridized carbons (Fsp3) is 0.538. The van der Waals surface area contributed by atoms with Crippen LogP contribution in [0.15, 0.2) is 11.0 Å². The van der Waals surface area contributed by atoms with E-state index in [2.05, 4.69) is 0 Å². The van der Waals surface area contributed by atoms with Gasteiger partial charge in [-0.3, -0.25) is 10.1 Å². The molecule has 7 heteroatoms. The van der Waals surface area contributed by atoms with Crippen LogP contribution in [0.3, 0.4) is 0 Å². The second kappa shape index (κ2) is 5.14. The van der Waals surface area contributed by atoms with Crippen molar-refractivity contribution in [1.82, 2.24) is 4.31 Å². The first kappa shape index (κ1) is 14.9. The van der Waals surface area contributed by atoms with Crippen LogP contribution < -0.4 is 0 Å². The van der Waals surface area contributed by atoms with Crippen LogP contribution in [0, 0.1) is 30.9 Å². The van der Waals surface area contributed by atoms with Gasteiger partial charge in [-0.2, -0.15) is 4.31 Å². The third-order valence-corrected chi connectivity index (χ3v) is 5.90. The zero-order valence-electron chi connectivity index (χ0n) is 11.8. The molecule has 1 saturated heterocycles. The normalized spacial score (nSPS) is 16.6. The minimum absolute atomic E-state index is 0.0942. The second-order valence-corrected chi connectivity index (χ2v) is 7.06. The molecule has 110 valence electrons. The Morgan fingerprint density at radius 3 is 2.20 bits per heavy atom. The number of rotatable bonds is 3. The summed E-state index contributed by atoms with van der Waals surface area (Å²) in [5.74, 6) is 0. The maximum Gasteiger partial charge on any atom is 0.276 e. The molecule has 0 atom stereocenters. The minimum Gasteiger partial charge on any atom is -0.258 e. The molecule has 1 aromatic carbocycles. The van der Waals surface area contributed by atoms with Crippen molar-refractivity contribution in [2.75, 3.05) is 13.1 Å². The summed E-state index contributed by atoms with van der Waals surface area (Å²) < 4.78 is 26.7. The molecule has 0 bridgehead atoms. The lowest BCUT2D eigenvalue weighted by molar-refractivity contribution is -0.386. The third kappa shape index (κ3) is 2.31. The summed E-state index contributed by atoms with van der Waals surface area (Å²) in [5, 5.41) is 11.2. The molecule has 20 heavy (non-hydrogen) atoms. The van der Waals surface area contributed by atoms with E-state index >= 15 is 0 Å². The van der Waals surface area contributed by atoms with Crippen LogP contribution in [0.4, 0.5) is 5.69 Å². The Morgan fingerprint density at radius 1 is 1.15 bits per heavy atom. The third-order valence-electron chi connectivity index (χ3n) is 3.71. The highest BCUT2D eigenvalue weighted by Crippen LogP contribution is 2.34. The largest absolute Gasteiger partial charge is 0.276 e. The minimum atomic E-state index is -3.64. The van der Waals surface area contributed by atoms with E-state index in [0.717, 1.165) is 12.8 Å². The molecule has 1 fully saturated rings. The van der Waals surface area contributed by atoms with Crippen molar-refractivity contribution in [2.24, 2.45) is 0 Å². The highest BCUT2D eigenvalue weighted by atomic mass is 32.2. The Hall–Kier alpha value is -1.47. The highest BCUT2D eigenvalue weighted by molar-refractivity contribution is 7.89. The smallest absolute Gasteiger partial charge is 0.258 e. The van der Waals surface area contributed by atoms with E-state index in [0.29, 0.717) is 24.2 Å². The molecule has 1 aliphatic heterocycles. The Bertz CT molecular complexity index is 661. The van der Waals surface area contributed by atoms with Gasteiger partial charge >= 0.3 is 0 Å². The van der Waals surface area contributed by atoms with Gasteiger partial charge in [0.15, 0.2) is 0 Å². The summed E-state index contributed by atoms with van der Waals surface area (Å²) in [7, 11) is -3.64. The van der Waals surface area contributed by atoms with Gasteiger partial charge in [0.05, 0.1) is 9.82 Å². The van der Waals surface area contributed by atoms with Gasteiger partial charge in [0.25, 0.3) is 5.69 Å². The van der Waals surface area contributed by atoms with E-state index in [4.69, 9.17) is 0 Å². The molecule has 1 aliphatic rings. The quantitative estimate of drug-likeness (QED) is 0.633. The summed E-state index contributed by atoms with van der Waals surface area (Å²) in [6.45, 7) is 5.81. The van der Waals surface area contributed by atoms with Crippen LogP contribution in [0.5, 0.6) is 0 Å². The average Bonchev–Trinajstić information content (AvgIpc) is 2.80. The van der Waals surface area contributed by atoms with Gasteiger partial charge in [-0.25, -0.2) is 8.42 Å². The predicted octanol–water partition coefficient (Wildman–Crippen LogP) is 2.30. The molecule has 6 nitrogen and oxygen atoms in total. The van der Waals surface area contributed by atoms with Crippen LogP contribution in [0.1, 0.15) is 29.5 Å². The lowest BCUT2D eigenvalue weighted by Crippen LogP contribution is -2.29. The number of hydrogen-bond acceptors (Lipinski definition) is 4. The van der Waals surface area contributed by atoms with Gasteiger partial charge < -0.3 is 0 Å². The molecule has 0 amide bonds. The number of hydrogen-bond donors (Lipinski definition) is 0. The van der Waals surface area contributed by atoms with Crippen molar-refractivity contribution in [2.45, 2.75) is 38.5 Å². The summed E-state index contributed by atoms with van der Waals surface area (Å²) in [6.07, 6.45) is 1.68. The summed E-state index contributed by atoms with van der Waals surface area (Å²) in [5.41, 5.74) is 1.19. The van der Waals surface area contributed by atoms with Crippen molar-refractivity contribution in [3.8, 4) is 0 Å². The number of nitrogens with zero attached hydrogens (tertiary/aromatic N) is 2. The zero-order chi connectivity index (χ0) is 15.1. The van der Waals surface area contributed by atoms with E-state index in [9.17, 15) is 18.5 Å². The fourth-order valence-electron chi connectivity index (χ4n) is 2.89. The molecule has 1 aromatic rings. The van der Waals surface area contributed by atoms with Crippen LogP contribution in [0.2, 0.25) is 0 Å². The number of nitro groups is 1. The van der Waals surface area contributed by atoms with Gasteiger partial charge in [0.2, 0.25) is 10.0 Å². The topological polar surface area (TPSA) is 80.5 Å². The predicted molar refractivity (Wildman–Crippen MR) is 75.3 cm³/mol. The van der Waals surface area contributed by atoms with E-state index in [-0.39, 0.29) is 16.1 Å². The van der Waals surface area contributed by atoms with Crippen molar-refractivity contribution in [3.05, 3.63) is 32.9 Å². The lowest BCUT2D eigenvalue weighted by Gasteiger charge is -2.19. The van der Waals surface area contributed by atoms with Crippen LogP contribution in [-0.2, 0) is 10.0 Å². The van der Waals surface area contributed by atoms with Gasteiger partial charge in [0, 0.05) is 24.2 Å². The molecule has 2 rings (SSSR count). The highest BCUT2D eigenvalue weighted by Gasteiger charge is 2.33. The molecule has 0 aliphatic carbocycles. The SMILES string of the molecule is Cc1cc(C)c(S(=O)(=O)N2CCCC2)c(C)c1[N+](=O)[O-]. The average molecular weight is 298 g/mol. The molecule has 1 heterocycles. The summed E-state index contributed by atoms with van der Waals surface area (Å²) >= 11 is 0. The van der Waals surface area contributed by atoms with E-state index < -0.39 is 14.9 Å². The Balaban J connectivity index is 2.68. The number of sulfonamides is 1. The van der Waals surface area contributed by atoms with Crippen LogP contribution >= 0.6 is 0 Å². The van der Waals surface area contributed by atoms with Crippen molar-refractivity contribution < 1.29 is 13.3 Å². The number of aryl methyl sites for hydroxylation is 2. The van der Waals surface area contributed by atoms with Gasteiger partial charge in [-0.05, 0) is 45.2 Å². The monoisotopic (exact) mass is 298 g/mol.